The van der Waals surface area contributed by atoms with Crippen molar-refractivity contribution in [2.75, 3.05) is 6.61 Å². The second-order valence-corrected chi connectivity index (χ2v) is 8.25. The molecule has 0 saturated carbocycles. The van der Waals surface area contributed by atoms with E-state index in [0.717, 1.165) is 38.6 Å². The van der Waals surface area contributed by atoms with Crippen LogP contribution in [0.25, 0.3) is 10.4 Å². The highest BCUT2D eigenvalue weighted by molar-refractivity contribution is 7.98. The number of thioether (sulfide) groups is 1. The van der Waals surface area contributed by atoms with Gasteiger partial charge in [-0.15, -0.1) is 23.1 Å². The molecule has 3 nitrogen and oxygen atoms in total. The summed E-state index contributed by atoms with van der Waals surface area (Å²) in [6.45, 7) is 1.48. The highest BCUT2D eigenvalue weighted by atomic mass is 32.2. The first kappa shape index (κ1) is 21.3. The van der Waals surface area contributed by atoms with Crippen molar-refractivity contribution in [2.45, 2.75) is 23.7 Å². The average molecular weight is 438 g/mol. The maximum absolute atomic E-state index is 12.7. The quantitative estimate of drug-likeness (QED) is 0.428. The summed E-state index contributed by atoms with van der Waals surface area (Å²) in [7, 11) is 0. The van der Waals surface area contributed by atoms with Gasteiger partial charge in [0.15, 0.2) is 6.61 Å². The average Bonchev–Trinajstić information content (AvgIpc) is 3.14. The molecule has 0 aliphatic heterocycles. The predicted molar refractivity (Wildman–Crippen MR) is 109 cm³/mol. The predicted octanol–water partition coefficient (Wildman–Crippen LogP) is 6.50. The van der Waals surface area contributed by atoms with Crippen LogP contribution in [0.5, 0.6) is 5.75 Å². The molecule has 1 heterocycles. The second-order valence-electron chi connectivity index (χ2n) is 6.29. The van der Waals surface area contributed by atoms with Crippen molar-refractivity contribution in [3.8, 4) is 16.2 Å². The number of benzene rings is 2. The maximum atomic E-state index is 12.7. The van der Waals surface area contributed by atoms with Crippen LogP contribution in [0.15, 0.2) is 58.8 Å². The van der Waals surface area contributed by atoms with Gasteiger partial charge in [-0.1, -0.05) is 12.1 Å². The molecule has 152 valence electrons. The molecule has 0 spiro atoms. The molecule has 8 heteroatoms. The number of hydrogen-bond acceptors (Lipinski definition) is 4. The lowest BCUT2D eigenvalue weighted by Gasteiger charge is -2.08. The number of ether oxygens (including phenoxy) is 1. The van der Waals surface area contributed by atoms with E-state index >= 15 is 0 Å². The first-order chi connectivity index (χ1) is 13.7. The molecule has 0 aliphatic rings. The Labute approximate surface area is 174 Å². The number of aliphatic carboxylic acids is 1. The fourth-order valence-corrected chi connectivity index (χ4v) is 4.56. The molecule has 2 aromatic carbocycles. The molecular weight excluding hydrogens is 421 g/mol. The maximum Gasteiger partial charge on any atom is 0.416 e. The van der Waals surface area contributed by atoms with Crippen LogP contribution >= 0.6 is 23.1 Å². The summed E-state index contributed by atoms with van der Waals surface area (Å²) in [4.78, 5) is 12.5. The van der Waals surface area contributed by atoms with Crippen LogP contribution in [0.4, 0.5) is 13.2 Å². The minimum atomic E-state index is -4.33. The SMILES string of the molecule is Cc1cc(SCc2csc(-c3ccc(C(F)(F)F)cc3)c2)ccc1OCC(=O)O. The Hall–Kier alpha value is -2.45. The van der Waals surface area contributed by atoms with Gasteiger partial charge in [-0.25, -0.2) is 4.79 Å². The van der Waals surface area contributed by atoms with Crippen molar-refractivity contribution in [1.29, 1.82) is 0 Å². The van der Waals surface area contributed by atoms with Crippen molar-refractivity contribution < 1.29 is 27.8 Å². The van der Waals surface area contributed by atoms with E-state index in [2.05, 4.69) is 0 Å². The molecule has 0 atom stereocenters. The molecule has 0 amide bonds. The van der Waals surface area contributed by atoms with E-state index in [1.54, 1.807) is 17.8 Å². The first-order valence-corrected chi connectivity index (χ1v) is 10.4. The third-order valence-corrected chi connectivity index (χ3v) is 6.15. The van der Waals surface area contributed by atoms with Crippen molar-refractivity contribution in [3.63, 3.8) is 0 Å². The third-order valence-electron chi connectivity index (χ3n) is 4.05. The highest BCUT2D eigenvalue weighted by Crippen LogP contribution is 2.34. The number of thiophene rings is 1. The van der Waals surface area contributed by atoms with Crippen molar-refractivity contribution in [2.24, 2.45) is 0 Å². The minimum absolute atomic E-state index is 0.380. The largest absolute Gasteiger partial charge is 0.482 e. The number of alkyl halides is 3. The number of halogens is 3. The topological polar surface area (TPSA) is 46.5 Å². The Morgan fingerprint density at radius 2 is 1.86 bits per heavy atom. The standard InChI is InChI=1S/C21H17F3O3S2/c1-13-8-17(6-7-18(13)27-10-20(25)26)28-11-14-9-19(29-12-14)15-2-4-16(5-3-15)21(22,23)24/h2-9,12H,10-11H2,1H3,(H,25,26). The summed E-state index contributed by atoms with van der Waals surface area (Å²) in [6.07, 6.45) is -4.33. The molecule has 0 aliphatic carbocycles. The van der Waals surface area contributed by atoms with Gasteiger partial charge in [-0.05, 0) is 65.4 Å². The third kappa shape index (κ3) is 5.77. The van der Waals surface area contributed by atoms with Crippen LogP contribution in [-0.2, 0) is 16.7 Å². The lowest BCUT2D eigenvalue weighted by molar-refractivity contribution is -0.139. The van der Waals surface area contributed by atoms with E-state index in [4.69, 9.17) is 9.84 Å². The van der Waals surface area contributed by atoms with Gasteiger partial charge in [0.2, 0.25) is 0 Å². The van der Waals surface area contributed by atoms with E-state index in [1.807, 2.05) is 30.5 Å². The fraction of sp³-hybridized carbons (Fsp3) is 0.190. The molecular formula is C21H17F3O3S2. The Balaban J connectivity index is 1.62. The Morgan fingerprint density at radius 3 is 2.48 bits per heavy atom. The van der Waals surface area contributed by atoms with Crippen molar-refractivity contribution in [1.82, 2.24) is 0 Å². The Morgan fingerprint density at radius 1 is 1.14 bits per heavy atom. The summed E-state index contributed by atoms with van der Waals surface area (Å²) in [5.74, 6) is 0.229. The Bertz CT molecular complexity index is 995. The summed E-state index contributed by atoms with van der Waals surface area (Å²) in [5.41, 5.74) is 2.04. The lowest BCUT2D eigenvalue weighted by atomic mass is 10.1. The number of carbonyl (C=O) groups is 1. The zero-order chi connectivity index (χ0) is 21.0. The van der Waals surface area contributed by atoms with Gasteiger partial charge in [-0.2, -0.15) is 13.2 Å². The smallest absolute Gasteiger partial charge is 0.416 e. The number of carboxylic acid groups (broad SMARTS) is 1. The molecule has 3 rings (SSSR count). The van der Waals surface area contributed by atoms with E-state index in [1.165, 1.54) is 23.5 Å². The number of aryl methyl sites for hydroxylation is 1. The number of carboxylic acids is 1. The van der Waals surface area contributed by atoms with Crippen LogP contribution in [0.3, 0.4) is 0 Å². The van der Waals surface area contributed by atoms with Gasteiger partial charge in [0.1, 0.15) is 5.75 Å². The zero-order valence-electron chi connectivity index (χ0n) is 15.3. The van der Waals surface area contributed by atoms with Crippen molar-refractivity contribution in [3.05, 3.63) is 70.6 Å². The summed E-state index contributed by atoms with van der Waals surface area (Å²) >= 11 is 3.12. The van der Waals surface area contributed by atoms with Gasteiger partial charge in [-0.3, -0.25) is 0 Å². The monoisotopic (exact) mass is 438 g/mol. The van der Waals surface area contributed by atoms with Crippen LogP contribution < -0.4 is 4.74 Å². The first-order valence-electron chi connectivity index (χ1n) is 8.55. The second kappa shape index (κ2) is 8.92. The molecule has 1 N–H and O–H groups in total. The number of rotatable bonds is 7. The van der Waals surface area contributed by atoms with E-state index < -0.39 is 17.7 Å². The normalized spacial score (nSPS) is 11.4. The van der Waals surface area contributed by atoms with Crippen LogP contribution in [-0.4, -0.2) is 17.7 Å². The molecule has 0 radical (unpaired) electrons. The molecule has 29 heavy (non-hydrogen) atoms. The van der Waals surface area contributed by atoms with Crippen LogP contribution in [0.1, 0.15) is 16.7 Å². The van der Waals surface area contributed by atoms with Gasteiger partial charge >= 0.3 is 12.1 Å². The minimum Gasteiger partial charge on any atom is -0.482 e. The summed E-state index contributed by atoms with van der Waals surface area (Å²) < 4.78 is 43.3. The molecule has 0 fully saturated rings. The molecule has 0 saturated heterocycles. The highest BCUT2D eigenvalue weighted by Gasteiger charge is 2.30. The Kier molecular flexibility index (Phi) is 6.54. The van der Waals surface area contributed by atoms with Crippen molar-refractivity contribution >= 4 is 29.1 Å². The summed E-state index contributed by atoms with van der Waals surface area (Å²) in [5, 5.41) is 10.7. The van der Waals surface area contributed by atoms with E-state index in [0.29, 0.717) is 11.5 Å². The molecule has 3 aromatic rings. The molecule has 1 aromatic heterocycles. The number of hydrogen-bond donors (Lipinski definition) is 1. The van der Waals surface area contributed by atoms with Gasteiger partial charge < -0.3 is 9.84 Å². The zero-order valence-corrected chi connectivity index (χ0v) is 17.0. The fourth-order valence-electron chi connectivity index (χ4n) is 2.61. The summed E-state index contributed by atoms with van der Waals surface area (Å²) in [6, 6.07) is 12.7. The van der Waals surface area contributed by atoms with Crippen LogP contribution in [0, 0.1) is 6.92 Å². The van der Waals surface area contributed by atoms with Gasteiger partial charge in [0.25, 0.3) is 0 Å². The van der Waals surface area contributed by atoms with Gasteiger partial charge in [0.05, 0.1) is 5.56 Å². The molecule has 0 unspecified atom stereocenters. The van der Waals surface area contributed by atoms with Crippen LogP contribution in [0.2, 0.25) is 0 Å². The van der Waals surface area contributed by atoms with E-state index in [9.17, 15) is 18.0 Å². The lowest BCUT2D eigenvalue weighted by Crippen LogP contribution is -2.09. The van der Waals surface area contributed by atoms with E-state index in [-0.39, 0.29) is 6.61 Å². The van der Waals surface area contributed by atoms with Gasteiger partial charge in [0, 0.05) is 15.5 Å². The molecule has 0 bridgehead atoms.